The van der Waals surface area contributed by atoms with E-state index in [9.17, 15) is 14.7 Å². The summed E-state index contributed by atoms with van der Waals surface area (Å²) < 4.78 is 5.14. The van der Waals surface area contributed by atoms with E-state index in [4.69, 9.17) is 4.74 Å². The number of carbonyl (C=O) groups excluding carboxylic acids is 2. The van der Waals surface area contributed by atoms with Gasteiger partial charge < -0.3 is 19.6 Å². The van der Waals surface area contributed by atoms with Crippen LogP contribution in [0.25, 0.3) is 0 Å². The Hall–Kier alpha value is -3.12. The van der Waals surface area contributed by atoms with E-state index >= 15 is 0 Å². The second kappa shape index (κ2) is 9.59. The van der Waals surface area contributed by atoms with E-state index in [1.54, 1.807) is 7.11 Å². The molecule has 0 aromatic heterocycles. The van der Waals surface area contributed by atoms with Crippen LogP contribution in [0.3, 0.4) is 0 Å². The highest BCUT2D eigenvalue weighted by Crippen LogP contribution is 2.38. The molecule has 1 unspecified atom stereocenters. The maximum Gasteiger partial charge on any atom is 0.290 e. The predicted octanol–water partition coefficient (Wildman–Crippen LogP) is 3.30. The van der Waals surface area contributed by atoms with Gasteiger partial charge in [-0.25, -0.2) is 0 Å². The number of aliphatic hydroxyl groups excluding tert-OH is 1. The molecule has 2 aromatic carbocycles. The topological polar surface area (TPSA) is 70.1 Å². The molecular formula is C24H28N2O4. The Kier molecular flexibility index (Phi) is 6.90. The van der Waals surface area contributed by atoms with Crippen molar-refractivity contribution in [3.8, 4) is 0 Å². The number of methoxy groups -OCH3 is 1. The van der Waals surface area contributed by atoms with E-state index in [0.717, 1.165) is 16.8 Å². The zero-order valence-electron chi connectivity index (χ0n) is 17.7. The number of hydrogen-bond acceptors (Lipinski definition) is 5. The van der Waals surface area contributed by atoms with Gasteiger partial charge in [-0.05, 0) is 29.7 Å². The van der Waals surface area contributed by atoms with Gasteiger partial charge in [0.15, 0.2) is 11.5 Å². The number of amides is 1. The average molecular weight is 408 g/mol. The standard InChI is InChI=1S/C24H28N2O4/c1-25(2)19-12-10-18(11-13-19)22-21(23(28)24(29)26(22)15-16-30-3)20(27)14-9-17-7-5-4-6-8-17/h4-8,10-13,22,28H,9,14-16H2,1-3H3. The highest BCUT2D eigenvalue weighted by atomic mass is 16.5. The van der Waals surface area contributed by atoms with Crippen LogP contribution in [0.4, 0.5) is 5.69 Å². The second-order valence-electron chi connectivity index (χ2n) is 7.55. The highest BCUT2D eigenvalue weighted by Gasteiger charge is 2.42. The predicted molar refractivity (Wildman–Crippen MR) is 117 cm³/mol. The van der Waals surface area contributed by atoms with E-state index in [1.165, 1.54) is 4.90 Å². The minimum atomic E-state index is -0.618. The normalized spacial score (nSPS) is 16.3. The van der Waals surface area contributed by atoms with Gasteiger partial charge in [-0.2, -0.15) is 0 Å². The molecule has 0 radical (unpaired) electrons. The Morgan fingerprint density at radius 3 is 2.37 bits per heavy atom. The smallest absolute Gasteiger partial charge is 0.290 e. The van der Waals surface area contributed by atoms with Gasteiger partial charge in [0, 0.05) is 39.9 Å². The van der Waals surface area contributed by atoms with E-state index < -0.39 is 17.7 Å². The van der Waals surface area contributed by atoms with E-state index in [-0.39, 0.29) is 24.3 Å². The minimum absolute atomic E-state index is 0.171. The lowest BCUT2D eigenvalue weighted by atomic mass is 9.93. The van der Waals surface area contributed by atoms with Crippen LogP contribution in [0, 0.1) is 0 Å². The van der Waals surface area contributed by atoms with Crippen molar-refractivity contribution >= 4 is 17.4 Å². The summed E-state index contributed by atoms with van der Waals surface area (Å²) in [7, 11) is 5.45. The summed E-state index contributed by atoms with van der Waals surface area (Å²) in [5, 5.41) is 10.6. The molecule has 1 heterocycles. The second-order valence-corrected chi connectivity index (χ2v) is 7.55. The summed E-state index contributed by atoms with van der Waals surface area (Å²) in [6.45, 7) is 0.603. The van der Waals surface area contributed by atoms with Crippen LogP contribution in [0.15, 0.2) is 65.9 Å². The molecule has 0 spiro atoms. The van der Waals surface area contributed by atoms with Crippen LogP contribution >= 0.6 is 0 Å². The number of aryl methyl sites for hydroxylation is 1. The molecule has 0 aliphatic carbocycles. The summed E-state index contributed by atoms with van der Waals surface area (Å²) in [4.78, 5) is 29.4. The molecule has 1 atom stereocenters. The number of carbonyl (C=O) groups is 2. The first-order valence-corrected chi connectivity index (χ1v) is 10.0. The fourth-order valence-corrected chi connectivity index (χ4v) is 3.70. The molecule has 30 heavy (non-hydrogen) atoms. The lowest BCUT2D eigenvalue weighted by Gasteiger charge is -2.27. The van der Waals surface area contributed by atoms with E-state index in [1.807, 2.05) is 73.6 Å². The lowest BCUT2D eigenvalue weighted by molar-refractivity contribution is -0.130. The molecule has 158 valence electrons. The van der Waals surface area contributed by atoms with Crippen LogP contribution in [-0.2, 0) is 20.7 Å². The summed E-state index contributed by atoms with van der Waals surface area (Å²) in [6, 6.07) is 16.8. The third kappa shape index (κ3) is 4.54. The third-order valence-electron chi connectivity index (χ3n) is 5.35. The largest absolute Gasteiger partial charge is 0.503 e. The first kappa shape index (κ1) is 21.6. The molecular weight excluding hydrogens is 380 g/mol. The molecule has 2 aromatic rings. The SMILES string of the molecule is COCCN1C(=O)C(O)=C(C(=O)CCc2ccccc2)C1c1ccc(N(C)C)cc1. The minimum Gasteiger partial charge on any atom is -0.503 e. The van der Waals surface area contributed by atoms with Crippen molar-refractivity contribution in [2.75, 3.05) is 39.3 Å². The van der Waals surface area contributed by atoms with Gasteiger partial charge in [-0.15, -0.1) is 0 Å². The van der Waals surface area contributed by atoms with Crippen molar-refractivity contribution in [2.45, 2.75) is 18.9 Å². The van der Waals surface area contributed by atoms with Gasteiger partial charge in [0.25, 0.3) is 5.91 Å². The Morgan fingerprint density at radius 2 is 1.77 bits per heavy atom. The summed E-state index contributed by atoms with van der Waals surface area (Å²) >= 11 is 0. The van der Waals surface area contributed by atoms with Crippen molar-refractivity contribution in [3.05, 3.63) is 77.1 Å². The van der Waals surface area contributed by atoms with Crippen molar-refractivity contribution in [1.82, 2.24) is 4.90 Å². The van der Waals surface area contributed by atoms with Crippen LogP contribution in [0.2, 0.25) is 0 Å². The molecule has 0 saturated heterocycles. The number of hydrogen-bond donors (Lipinski definition) is 1. The van der Waals surface area contributed by atoms with Crippen LogP contribution < -0.4 is 4.90 Å². The summed E-state index contributed by atoms with van der Waals surface area (Å²) in [5.74, 6) is -1.20. The zero-order valence-corrected chi connectivity index (χ0v) is 17.7. The quantitative estimate of drug-likeness (QED) is 0.689. The number of nitrogens with zero attached hydrogens (tertiary/aromatic N) is 2. The molecule has 0 fully saturated rings. The first-order chi connectivity index (χ1) is 14.4. The molecule has 0 bridgehead atoms. The number of Topliss-reactive ketones (excluding diaryl/α,β-unsaturated/α-hetero) is 1. The number of anilines is 1. The Balaban J connectivity index is 1.90. The lowest BCUT2D eigenvalue weighted by Crippen LogP contribution is -2.34. The summed E-state index contributed by atoms with van der Waals surface area (Å²) in [6.07, 6.45) is 0.774. The van der Waals surface area contributed by atoms with Gasteiger partial charge in [-0.1, -0.05) is 42.5 Å². The molecule has 6 nitrogen and oxygen atoms in total. The van der Waals surface area contributed by atoms with Crippen LogP contribution in [0.5, 0.6) is 0 Å². The monoisotopic (exact) mass is 408 g/mol. The Bertz CT molecular complexity index is 920. The van der Waals surface area contributed by atoms with Crippen molar-refractivity contribution in [1.29, 1.82) is 0 Å². The van der Waals surface area contributed by atoms with Crippen LogP contribution in [-0.4, -0.2) is 56.1 Å². The number of ether oxygens (including phenoxy) is 1. The molecule has 1 aliphatic heterocycles. The molecule has 0 saturated carbocycles. The van der Waals surface area contributed by atoms with Crippen molar-refractivity contribution in [3.63, 3.8) is 0 Å². The van der Waals surface area contributed by atoms with E-state index in [2.05, 4.69) is 0 Å². The fraction of sp³-hybridized carbons (Fsp3) is 0.333. The maximum absolute atomic E-state index is 13.1. The number of aliphatic hydroxyl groups is 1. The van der Waals surface area contributed by atoms with E-state index in [0.29, 0.717) is 13.0 Å². The van der Waals surface area contributed by atoms with Gasteiger partial charge in [0.1, 0.15) is 0 Å². The molecule has 1 N–H and O–H groups in total. The maximum atomic E-state index is 13.1. The first-order valence-electron chi connectivity index (χ1n) is 10.0. The van der Waals surface area contributed by atoms with Gasteiger partial charge >= 0.3 is 0 Å². The molecule has 1 amide bonds. The number of rotatable bonds is 9. The zero-order chi connectivity index (χ0) is 21.7. The molecule has 1 aliphatic rings. The van der Waals surface area contributed by atoms with Gasteiger partial charge in [-0.3, -0.25) is 9.59 Å². The number of ketones is 1. The van der Waals surface area contributed by atoms with Crippen LogP contribution in [0.1, 0.15) is 23.6 Å². The van der Waals surface area contributed by atoms with Crippen molar-refractivity contribution in [2.24, 2.45) is 0 Å². The average Bonchev–Trinajstić information content (AvgIpc) is 3.01. The Labute approximate surface area is 177 Å². The molecule has 3 rings (SSSR count). The van der Waals surface area contributed by atoms with Gasteiger partial charge in [0.2, 0.25) is 0 Å². The fourth-order valence-electron chi connectivity index (χ4n) is 3.70. The molecule has 6 heteroatoms. The van der Waals surface area contributed by atoms with Gasteiger partial charge in [0.05, 0.1) is 18.2 Å². The Morgan fingerprint density at radius 1 is 1.10 bits per heavy atom. The van der Waals surface area contributed by atoms with Crippen molar-refractivity contribution < 1.29 is 19.4 Å². The summed E-state index contributed by atoms with van der Waals surface area (Å²) in [5.41, 5.74) is 3.01. The third-order valence-corrected chi connectivity index (χ3v) is 5.35. The highest BCUT2D eigenvalue weighted by molar-refractivity contribution is 6.09. The number of benzene rings is 2.